The molecule has 31 heavy (non-hydrogen) atoms. The van der Waals surface area contributed by atoms with E-state index in [2.05, 4.69) is 39.1 Å². The lowest BCUT2D eigenvalue weighted by molar-refractivity contribution is -0.413. The minimum atomic E-state index is -0.336. The summed E-state index contributed by atoms with van der Waals surface area (Å²) in [6, 6.07) is 9.93. The highest BCUT2D eigenvalue weighted by Gasteiger charge is 2.26. The van der Waals surface area contributed by atoms with Gasteiger partial charge in [0.2, 0.25) is 0 Å². The fourth-order valence-corrected chi connectivity index (χ4v) is 4.53. The standard InChI is InChI=1S/C25H21N4O2/c1-15-9-29-12-18(7-23(29)16(2)26-15)22-6-17-4-5-21(8-24(17)31-25(22)30)28-13-19-10-27(3)11-20(19)14-28/h4-13H,14H2,1-3H3/q+1. The number of aryl methyl sites for hydroxylation is 2. The van der Waals surface area contributed by atoms with Gasteiger partial charge in [0.25, 0.3) is 0 Å². The number of hydrogen-bond donors (Lipinski definition) is 0. The molecule has 5 heterocycles. The molecule has 4 aromatic rings. The fourth-order valence-electron chi connectivity index (χ4n) is 4.53. The predicted octanol–water partition coefficient (Wildman–Crippen LogP) is 4.04. The zero-order chi connectivity index (χ0) is 21.3. The van der Waals surface area contributed by atoms with Gasteiger partial charge in [0.15, 0.2) is 12.4 Å². The Morgan fingerprint density at radius 3 is 2.84 bits per heavy atom. The molecule has 0 spiro atoms. The van der Waals surface area contributed by atoms with Crippen molar-refractivity contribution in [1.82, 2.24) is 9.38 Å². The summed E-state index contributed by atoms with van der Waals surface area (Å²) >= 11 is 0. The third kappa shape index (κ3) is 2.83. The summed E-state index contributed by atoms with van der Waals surface area (Å²) in [7, 11) is 2.03. The fraction of sp³-hybridized carbons (Fsp3) is 0.160. The lowest BCUT2D eigenvalue weighted by Gasteiger charge is -2.15. The van der Waals surface area contributed by atoms with Gasteiger partial charge in [0.05, 0.1) is 40.2 Å². The predicted molar refractivity (Wildman–Crippen MR) is 122 cm³/mol. The van der Waals surface area contributed by atoms with Crippen LogP contribution in [0.1, 0.15) is 11.4 Å². The number of rotatable bonds is 2. The summed E-state index contributed by atoms with van der Waals surface area (Å²) in [6.07, 6.45) is 10.3. The molecule has 6 rings (SSSR count). The third-order valence-electron chi connectivity index (χ3n) is 5.96. The van der Waals surface area contributed by atoms with E-state index < -0.39 is 0 Å². The summed E-state index contributed by atoms with van der Waals surface area (Å²) in [5, 5.41) is 0.900. The van der Waals surface area contributed by atoms with Crippen LogP contribution in [-0.4, -0.2) is 33.8 Å². The number of benzene rings is 1. The van der Waals surface area contributed by atoms with E-state index in [4.69, 9.17) is 4.42 Å². The van der Waals surface area contributed by atoms with Crippen LogP contribution < -0.4 is 10.5 Å². The number of hydrogen-bond acceptors (Lipinski definition) is 4. The second kappa shape index (κ2) is 6.28. The first kappa shape index (κ1) is 17.9. The van der Waals surface area contributed by atoms with E-state index in [-0.39, 0.29) is 5.63 Å². The Morgan fingerprint density at radius 2 is 2.00 bits per heavy atom. The van der Waals surface area contributed by atoms with Crippen molar-refractivity contribution >= 4 is 28.4 Å². The van der Waals surface area contributed by atoms with Crippen LogP contribution in [0.2, 0.25) is 0 Å². The first-order valence-electron chi connectivity index (χ1n) is 10.3. The van der Waals surface area contributed by atoms with Gasteiger partial charge in [-0.3, -0.25) is 4.98 Å². The van der Waals surface area contributed by atoms with Crippen molar-refractivity contribution in [2.75, 3.05) is 18.5 Å². The molecule has 0 unspecified atom stereocenters. The smallest absolute Gasteiger partial charge is 0.344 e. The molecule has 2 aliphatic rings. The van der Waals surface area contributed by atoms with E-state index in [0.717, 1.165) is 40.1 Å². The van der Waals surface area contributed by atoms with Crippen LogP contribution in [0.15, 0.2) is 75.5 Å². The summed E-state index contributed by atoms with van der Waals surface area (Å²) in [6.45, 7) is 4.75. The Balaban J connectivity index is 1.41. The molecule has 1 aromatic carbocycles. The van der Waals surface area contributed by atoms with Gasteiger partial charge < -0.3 is 13.7 Å². The van der Waals surface area contributed by atoms with Gasteiger partial charge in [-0.1, -0.05) is 0 Å². The van der Waals surface area contributed by atoms with E-state index in [9.17, 15) is 4.79 Å². The van der Waals surface area contributed by atoms with Gasteiger partial charge in [-0.25, -0.2) is 9.37 Å². The molecule has 0 radical (unpaired) electrons. The van der Waals surface area contributed by atoms with Crippen molar-refractivity contribution < 1.29 is 8.99 Å². The monoisotopic (exact) mass is 409 g/mol. The lowest BCUT2D eigenvalue weighted by atomic mass is 10.1. The number of aromatic nitrogens is 2. The molecule has 0 aliphatic carbocycles. The largest absolute Gasteiger partial charge is 0.422 e. The summed E-state index contributed by atoms with van der Waals surface area (Å²) in [5.41, 5.74) is 8.02. The van der Waals surface area contributed by atoms with Gasteiger partial charge in [-0.15, -0.1) is 0 Å². The number of fused-ring (bicyclic) bond motifs is 3. The maximum absolute atomic E-state index is 12.9. The highest BCUT2D eigenvalue weighted by Crippen LogP contribution is 2.31. The molecule has 0 atom stereocenters. The molecule has 6 heteroatoms. The maximum atomic E-state index is 12.9. The average molecular weight is 409 g/mol. The van der Waals surface area contributed by atoms with E-state index in [1.54, 1.807) is 0 Å². The van der Waals surface area contributed by atoms with Gasteiger partial charge in [-0.05, 0) is 38.1 Å². The van der Waals surface area contributed by atoms with Crippen LogP contribution in [0.4, 0.5) is 5.69 Å². The van der Waals surface area contributed by atoms with E-state index in [0.29, 0.717) is 11.1 Å². The first-order valence-corrected chi connectivity index (χ1v) is 10.3. The second-order valence-corrected chi connectivity index (χ2v) is 8.32. The molecule has 2 aliphatic heterocycles. The molecule has 0 saturated carbocycles. The molecule has 0 saturated heterocycles. The molecule has 6 nitrogen and oxygen atoms in total. The topological polar surface area (TPSA) is 53.8 Å². The van der Waals surface area contributed by atoms with Crippen molar-refractivity contribution in [2.24, 2.45) is 0 Å². The van der Waals surface area contributed by atoms with E-state index >= 15 is 0 Å². The molecule has 3 aromatic heterocycles. The molecular weight excluding hydrogens is 388 g/mol. The molecular formula is C25H21N4O2+. The Hall–Kier alpha value is -3.93. The van der Waals surface area contributed by atoms with Crippen LogP contribution in [0.5, 0.6) is 0 Å². The Bertz CT molecular complexity index is 1570. The van der Waals surface area contributed by atoms with Crippen molar-refractivity contribution in [3.05, 3.63) is 88.1 Å². The maximum Gasteiger partial charge on any atom is 0.344 e. The Kier molecular flexibility index (Phi) is 3.63. The number of anilines is 1. The zero-order valence-corrected chi connectivity index (χ0v) is 17.6. The zero-order valence-electron chi connectivity index (χ0n) is 17.6. The lowest BCUT2D eigenvalue weighted by Crippen LogP contribution is -2.13. The summed E-state index contributed by atoms with van der Waals surface area (Å²) in [4.78, 5) is 19.5. The molecule has 0 bridgehead atoms. The van der Waals surface area contributed by atoms with Gasteiger partial charge in [0.1, 0.15) is 12.6 Å². The Labute approximate surface area is 178 Å². The number of nitrogens with zero attached hydrogens (tertiary/aromatic N) is 4. The Morgan fingerprint density at radius 1 is 1.13 bits per heavy atom. The van der Waals surface area contributed by atoms with E-state index in [1.165, 1.54) is 11.1 Å². The van der Waals surface area contributed by atoms with Crippen LogP contribution in [0.25, 0.3) is 27.6 Å². The molecule has 0 N–H and O–H groups in total. The normalized spacial score (nSPS) is 15.5. The molecule has 0 amide bonds. The van der Waals surface area contributed by atoms with Crippen molar-refractivity contribution in [3.63, 3.8) is 0 Å². The minimum Gasteiger partial charge on any atom is -0.422 e. The highest BCUT2D eigenvalue weighted by molar-refractivity contribution is 5.89. The summed E-state index contributed by atoms with van der Waals surface area (Å²) in [5.74, 6) is 0. The average Bonchev–Trinajstić information content (AvgIpc) is 3.39. The van der Waals surface area contributed by atoms with Crippen LogP contribution in [-0.2, 0) is 0 Å². The quantitative estimate of drug-likeness (QED) is 0.370. The molecule has 0 fully saturated rings. The van der Waals surface area contributed by atoms with Gasteiger partial charge in [0, 0.05) is 41.3 Å². The highest BCUT2D eigenvalue weighted by atomic mass is 16.4. The van der Waals surface area contributed by atoms with E-state index in [1.807, 2.05) is 62.0 Å². The van der Waals surface area contributed by atoms with Crippen molar-refractivity contribution in [3.8, 4) is 11.1 Å². The van der Waals surface area contributed by atoms with Gasteiger partial charge >= 0.3 is 5.63 Å². The SMILES string of the molecule is Cc1cn2cc(-c3cc4ccc(N5C=C6C=[N+](C)C=C6C5)cc4oc3=O)cc2c(C)n1. The van der Waals surface area contributed by atoms with Crippen LogP contribution in [0, 0.1) is 13.8 Å². The van der Waals surface area contributed by atoms with Crippen LogP contribution in [0.3, 0.4) is 0 Å². The first-order chi connectivity index (χ1) is 14.9. The third-order valence-corrected chi connectivity index (χ3v) is 5.96. The summed E-state index contributed by atoms with van der Waals surface area (Å²) < 4.78 is 9.84. The van der Waals surface area contributed by atoms with Crippen molar-refractivity contribution in [2.45, 2.75) is 13.8 Å². The molecule has 152 valence electrons. The van der Waals surface area contributed by atoms with Crippen LogP contribution >= 0.6 is 0 Å². The minimum absolute atomic E-state index is 0.336. The second-order valence-electron chi connectivity index (χ2n) is 8.32. The van der Waals surface area contributed by atoms with Gasteiger partial charge in [-0.2, -0.15) is 0 Å². The van der Waals surface area contributed by atoms with Crippen molar-refractivity contribution in [1.29, 1.82) is 0 Å².